The van der Waals surface area contributed by atoms with Crippen molar-refractivity contribution in [3.8, 4) is 5.75 Å². The zero-order valence-corrected chi connectivity index (χ0v) is 15.2. The summed E-state index contributed by atoms with van der Waals surface area (Å²) in [6.07, 6.45) is 1.28. The summed E-state index contributed by atoms with van der Waals surface area (Å²) in [5.74, 6) is -0.0504. The van der Waals surface area contributed by atoms with E-state index in [1.54, 1.807) is 23.1 Å². The molecule has 1 fully saturated rings. The second-order valence-corrected chi connectivity index (χ2v) is 6.32. The van der Waals surface area contributed by atoms with Crippen LogP contribution in [0, 0.1) is 10.1 Å². The number of hydrogen-bond acceptors (Lipinski definition) is 5. The van der Waals surface area contributed by atoms with Gasteiger partial charge in [-0.15, -0.1) is 0 Å². The van der Waals surface area contributed by atoms with Crippen molar-refractivity contribution >= 4 is 40.5 Å². The van der Waals surface area contributed by atoms with Crippen LogP contribution < -0.4 is 15.0 Å². The number of carbonyl (C=O) groups is 2. The molecule has 0 aromatic heterocycles. The number of halogens is 1. The van der Waals surface area contributed by atoms with E-state index in [0.717, 1.165) is 12.5 Å². The van der Waals surface area contributed by atoms with E-state index in [4.69, 9.17) is 16.3 Å². The maximum absolute atomic E-state index is 12.4. The van der Waals surface area contributed by atoms with Crippen LogP contribution in [0.2, 0.25) is 5.02 Å². The first-order valence-electron chi connectivity index (χ1n) is 8.14. The fourth-order valence-electron chi connectivity index (χ4n) is 2.88. The quantitative estimate of drug-likeness (QED) is 0.621. The van der Waals surface area contributed by atoms with Gasteiger partial charge in [-0.3, -0.25) is 19.7 Å². The van der Waals surface area contributed by atoms with Crippen LogP contribution in [0.3, 0.4) is 0 Å². The van der Waals surface area contributed by atoms with E-state index in [1.807, 2.05) is 0 Å². The van der Waals surface area contributed by atoms with E-state index in [0.29, 0.717) is 30.1 Å². The lowest BCUT2D eigenvalue weighted by molar-refractivity contribution is -0.384. The Balaban J connectivity index is 1.83. The molecule has 1 heterocycles. The highest BCUT2D eigenvalue weighted by molar-refractivity contribution is 6.32. The first-order chi connectivity index (χ1) is 12.9. The number of nitro groups is 1. The number of amides is 2. The Hall–Kier alpha value is -3.13. The standard InChI is InChI=1S/C18H16ClN3O5/c1-27-16-10-12(5-7-14(16)21-8-2-3-17(21)23)20-18(24)11-4-6-13(19)15(9-11)22(25)26/h4-7,9-10H,2-3,8H2,1H3,(H,20,24). The van der Waals surface area contributed by atoms with Crippen LogP contribution in [0.5, 0.6) is 5.75 Å². The molecule has 0 unspecified atom stereocenters. The summed E-state index contributed by atoms with van der Waals surface area (Å²) in [4.78, 5) is 36.3. The summed E-state index contributed by atoms with van der Waals surface area (Å²) in [6.45, 7) is 0.620. The van der Waals surface area contributed by atoms with E-state index in [-0.39, 0.29) is 22.2 Å². The van der Waals surface area contributed by atoms with E-state index in [2.05, 4.69) is 5.32 Å². The number of carbonyl (C=O) groups excluding carboxylic acids is 2. The van der Waals surface area contributed by atoms with Crippen LogP contribution in [0.4, 0.5) is 17.1 Å². The molecular formula is C18H16ClN3O5. The summed E-state index contributed by atoms with van der Waals surface area (Å²) < 4.78 is 5.35. The Morgan fingerprint density at radius 1 is 1.30 bits per heavy atom. The third-order valence-corrected chi connectivity index (χ3v) is 4.53. The van der Waals surface area contributed by atoms with E-state index in [1.165, 1.54) is 19.2 Å². The fraction of sp³-hybridized carbons (Fsp3) is 0.222. The second-order valence-electron chi connectivity index (χ2n) is 5.91. The van der Waals surface area contributed by atoms with Gasteiger partial charge in [-0.2, -0.15) is 0 Å². The fourth-order valence-corrected chi connectivity index (χ4v) is 3.06. The maximum atomic E-state index is 12.4. The molecule has 140 valence electrons. The van der Waals surface area contributed by atoms with Gasteiger partial charge >= 0.3 is 0 Å². The van der Waals surface area contributed by atoms with Crippen LogP contribution in [-0.4, -0.2) is 30.4 Å². The van der Waals surface area contributed by atoms with Crippen molar-refractivity contribution < 1.29 is 19.2 Å². The van der Waals surface area contributed by atoms with Gasteiger partial charge in [-0.25, -0.2) is 0 Å². The molecule has 3 rings (SSSR count). The smallest absolute Gasteiger partial charge is 0.288 e. The molecule has 27 heavy (non-hydrogen) atoms. The molecule has 8 nitrogen and oxygen atoms in total. The van der Waals surface area contributed by atoms with Crippen molar-refractivity contribution in [3.63, 3.8) is 0 Å². The zero-order chi connectivity index (χ0) is 19.6. The van der Waals surface area contributed by atoms with Gasteiger partial charge in [0.2, 0.25) is 5.91 Å². The largest absolute Gasteiger partial charge is 0.494 e. The number of nitrogens with zero attached hydrogens (tertiary/aromatic N) is 2. The van der Waals surface area contributed by atoms with Crippen LogP contribution in [0.15, 0.2) is 36.4 Å². The maximum Gasteiger partial charge on any atom is 0.288 e. The van der Waals surface area contributed by atoms with Crippen molar-refractivity contribution in [1.82, 2.24) is 0 Å². The minimum absolute atomic E-state index is 0.0264. The summed E-state index contributed by atoms with van der Waals surface area (Å²) in [6, 6.07) is 8.76. The highest BCUT2D eigenvalue weighted by Gasteiger charge is 2.25. The molecule has 0 atom stereocenters. The van der Waals surface area contributed by atoms with Crippen LogP contribution in [0.1, 0.15) is 23.2 Å². The van der Waals surface area contributed by atoms with Crippen molar-refractivity contribution in [2.24, 2.45) is 0 Å². The monoisotopic (exact) mass is 389 g/mol. The SMILES string of the molecule is COc1cc(NC(=O)c2ccc(Cl)c([N+](=O)[O-])c2)ccc1N1CCCC1=O. The molecule has 1 saturated heterocycles. The molecule has 0 radical (unpaired) electrons. The molecule has 1 N–H and O–H groups in total. The van der Waals surface area contributed by atoms with Crippen LogP contribution in [-0.2, 0) is 4.79 Å². The predicted octanol–water partition coefficient (Wildman–Crippen LogP) is 3.64. The van der Waals surface area contributed by atoms with Crippen molar-refractivity contribution in [2.45, 2.75) is 12.8 Å². The number of ether oxygens (including phenoxy) is 1. The van der Waals surface area contributed by atoms with Gasteiger partial charge in [-0.1, -0.05) is 11.6 Å². The third kappa shape index (κ3) is 3.85. The number of nitrogens with one attached hydrogen (secondary N) is 1. The van der Waals surface area contributed by atoms with Crippen LogP contribution >= 0.6 is 11.6 Å². The lowest BCUT2D eigenvalue weighted by Crippen LogP contribution is -2.24. The molecular weight excluding hydrogens is 374 g/mol. The number of benzene rings is 2. The summed E-state index contributed by atoms with van der Waals surface area (Å²) in [5, 5.41) is 13.6. The number of rotatable bonds is 5. The number of hydrogen-bond donors (Lipinski definition) is 1. The van der Waals surface area contributed by atoms with E-state index < -0.39 is 10.8 Å². The van der Waals surface area contributed by atoms with Gasteiger partial charge in [0.1, 0.15) is 10.8 Å². The summed E-state index contributed by atoms with van der Waals surface area (Å²) in [7, 11) is 1.48. The first kappa shape index (κ1) is 18.7. The average Bonchev–Trinajstić information content (AvgIpc) is 3.07. The first-order valence-corrected chi connectivity index (χ1v) is 8.52. The Bertz CT molecular complexity index is 931. The topological polar surface area (TPSA) is 102 Å². The molecule has 0 saturated carbocycles. The second kappa shape index (κ2) is 7.63. The Morgan fingerprint density at radius 3 is 2.70 bits per heavy atom. The molecule has 2 aromatic carbocycles. The van der Waals surface area contributed by atoms with Gasteiger partial charge in [0, 0.05) is 36.3 Å². The molecule has 2 amide bonds. The minimum Gasteiger partial charge on any atom is -0.494 e. The van der Waals surface area contributed by atoms with Crippen LogP contribution in [0.25, 0.3) is 0 Å². The van der Waals surface area contributed by atoms with Gasteiger partial charge in [-0.05, 0) is 30.7 Å². The van der Waals surface area contributed by atoms with E-state index in [9.17, 15) is 19.7 Å². The van der Waals surface area contributed by atoms with Crippen molar-refractivity contribution in [2.75, 3.05) is 23.9 Å². The highest BCUT2D eigenvalue weighted by atomic mass is 35.5. The lowest BCUT2D eigenvalue weighted by atomic mass is 10.1. The van der Waals surface area contributed by atoms with Crippen molar-refractivity contribution in [3.05, 3.63) is 57.1 Å². The Labute approximate surface area is 159 Å². The van der Waals surface area contributed by atoms with Gasteiger partial charge in [0.05, 0.1) is 17.7 Å². The number of anilines is 2. The Kier molecular flexibility index (Phi) is 5.27. The minimum atomic E-state index is -0.649. The molecule has 0 bridgehead atoms. The lowest BCUT2D eigenvalue weighted by Gasteiger charge is -2.19. The molecule has 2 aromatic rings. The normalized spacial score (nSPS) is 13.6. The molecule has 9 heteroatoms. The average molecular weight is 390 g/mol. The third-order valence-electron chi connectivity index (χ3n) is 4.21. The predicted molar refractivity (Wildman–Crippen MR) is 101 cm³/mol. The Morgan fingerprint density at radius 2 is 2.07 bits per heavy atom. The molecule has 0 spiro atoms. The van der Waals surface area contributed by atoms with E-state index >= 15 is 0 Å². The van der Waals surface area contributed by atoms with Gasteiger partial charge < -0.3 is 15.0 Å². The molecule has 1 aliphatic heterocycles. The molecule has 1 aliphatic rings. The molecule has 0 aliphatic carbocycles. The number of methoxy groups -OCH3 is 1. The number of nitro benzene ring substituents is 1. The van der Waals surface area contributed by atoms with Crippen molar-refractivity contribution in [1.29, 1.82) is 0 Å². The van der Waals surface area contributed by atoms with Gasteiger partial charge in [0.15, 0.2) is 0 Å². The van der Waals surface area contributed by atoms with Gasteiger partial charge in [0.25, 0.3) is 11.6 Å². The zero-order valence-electron chi connectivity index (χ0n) is 14.4. The summed E-state index contributed by atoms with van der Waals surface area (Å²) in [5.41, 5.74) is 0.832. The highest BCUT2D eigenvalue weighted by Crippen LogP contribution is 2.34. The summed E-state index contributed by atoms with van der Waals surface area (Å²) >= 11 is 5.76.